The Balaban J connectivity index is 1.15. The Bertz CT molecular complexity index is 1580. The Morgan fingerprint density at radius 2 is 1.85 bits per heavy atom. The van der Waals surface area contributed by atoms with Crippen molar-refractivity contribution < 1.29 is 14.0 Å². The number of pyridine rings is 1. The van der Waals surface area contributed by atoms with E-state index in [-0.39, 0.29) is 18.9 Å². The van der Waals surface area contributed by atoms with E-state index in [0.29, 0.717) is 37.1 Å². The first-order valence-electron chi connectivity index (χ1n) is 14.1. The summed E-state index contributed by atoms with van der Waals surface area (Å²) in [5.74, 6) is 0.648. The molecule has 3 amide bonds. The van der Waals surface area contributed by atoms with Crippen molar-refractivity contribution in [1.29, 1.82) is 0 Å². The summed E-state index contributed by atoms with van der Waals surface area (Å²) in [6.07, 6.45) is 3.83. The number of benzene rings is 1. The Kier molecular flexibility index (Phi) is 6.56. The number of aromatic nitrogens is 1. The Hall–Kier alpha value is -4.21. The third kappa shape index (κ3) is 4.31. The van der Waals surface area contributed by atoms with E-state index >= 15 is 0 Å². The van der Waals surface area contributed by atoms with Crippen molar-refractivity contribution >= 4 is 46.3 Å². The van der Waals surface area contributed by atoms with Gasteiger partial charge in [0.05, 0.1) is 11.4 Å². The van der Waals surface area contributed by atoms with Gasteiger partial charge in [0.1, 0.15) is 16.9 Å². The van der Waals surface area contributed by atoms with Gasteiger partial charge in [0.25, 0.3) is 5.91 Å². The molecule has 3 aromatic rings. The molecule has 1 aromatic carbocycles. The number of carbonyl (C=O) groups excluding carboxylic acids is 2. The maximum atomic E-state index is 13.5. The third-order valence-corrected chi connectivity index (χ3v) is 8.62. The minimum absolute atomic E-state index is 0.122. The van der Waals surface area contributed by atoms with Gasteiger partial charge < -0.3 is 19.5 Å². The average molecular weight is 543 g/mol. The largest absolute Gasteiger partial charge is 0.422 e. The smallest absolute Gasteiger partial charge is 0.339 e. The number of aryl methyl sites for hydroxylation is 1. The van der Waals surface area contributed by atoms with Gasteiger partial charge >= 0.3 is 11.7 Å². The molecule has 0 bridgehead atoms. The van der Waals surface area contributed by atoms with E-state index in [0.717, 1.165) is 53.3 Å². The van der Waals surface area contributed by atoms with Crippen molar-refractivity contribution in [2.24, 2.45) is 4.99 Å². The Morgan fingerprint density at radius 1 is 1.07 bits per heavy atom. The number of anilines is 2. The van der Waals surface area contributed by atoms with Gasteiger partial charge in [-0.2, -0.15) is 0 Å². The number of piperidine rings is 1. The standard InChI is InChI=1S/C30H34N6O4/c1-4-34(5-2)20-6-7-21-19(3)22(27(37)40-25(21)18-20)11-15-36-28(38)30(33-29(36)39)12-16-35(17-13-30)26-9-8-23-24(32-26)10-14-31-23/h6-9,14,18H,4-5,10-13,15-17H2,1-3H3,(H,33,39). The van der Waals surface area contributed by atoms with Crippen LogP contribution in [0.15, 0.2) is 44.5 Å². The van der Waals surface area contributed by atoms with E-state index in [2.05, 4.69) is 34.0 Å². The van der Waals surface area contributed by atoms with Crippen LogP contribution in [0.2, 0.25) is 0 Å². The van der Waals surface area contributed by atoms with Gasteiger partial charge in [0.2, 0.25) is 0 Å². The van der Waals surface area contributed by atoms with E-state index in [4.69, 9.17) is 9.40 Å². The summed E-state index contributed by atoms with van der Waals surface area (Å²) >= 11 is 0. The normalized spacial score (nSPS) is 17.7. The number of hydrogen-bond donors (Lipinski definition) is 1. The summed E-state index contributed by atoms with van der Waals surface area (Å²) in [5, 5.41) is 3.83. The van der Waals surface area contributed by atoms with Crippen LogP contribution in [0.3, 0.4) is 0 Å². The van der Waals surface area contributed by atoms with Gasteiger partial charge in [-0.05, 0) is 69.9 Å². The summed E-state index contributed by atoms with van der Waals surface area (Å²) in [5.41, 5.74) is 3.39. The molecule has 6 rings (SSSR count). The van der Waals surface area contributed by atoms with Gasteiger partial charge in [0.15, 0.2) is 0 Å². The molecule has 3 aliphatic rings. The van der Waals surface area contributed by atoms with Crippen molar-refractivity contribution in [2.75, 3.05) is 42.5 Å². The lowest BCUT2D eigenvalue weighted by molar-refractivity contribution is -0.132. The van der Waals surface area contributed by atoms with Crippen LogP contribution in [-0.4, -0.2) is 66.3 Å². The van der Waals surface area contributed by atoms with Crippen LogP contribution in [0.4, 0.5) is 22.0 Å². The highest BCUT2D eigenvalue weighted by Crippen LogP contribution is 2.33. The molecule has 5 heterocycles. The van der Waals surface area contributed by atoms with Crippen molar-refractivity contribution in [2.45, 2.75) is 52.0 Å². The van der Waals surface area contributed by atoms with E-state index < -0.39 is 17.2 Å². The third-order valence-electron chi connectivity index (χ3n) is 8.62. The number of hydrogen-bond acceptors (Lipinski definition) is 8. The van der Waals surface area contributed by atoms with Gasteiger partial charge in [0, 0.05) is 68.1 Å². The molecule has 2 aromatic heterocycles. The highest BCUT2D eigenvalue weighted by molar-refractivity contribution is 6.07. The number of aliphatic imine (C=N–C) groups is 1. The van der Waals surface area contributed by atoms with Gasteiger partial charge in [-0.15, -0.1) is 0 Å². The molecule has 0 saturated carbocycles. The molecule has 3 aliphatic heterocycles. The number of urea groups is 1. The fourth-order valence-electron chi connectivity index (χ4n) is 6.17. The highest BCUT2D eigenvalue weighted by Gasteiger charge is 2.52. The second kappa shape index (κ2) is 10.1. The number of rotatable bonds is 7. The molecule has 1 spiro atoms. The molecule has 1 N–H and O–H groups in total. The minimum atomic E-state index is -0.919. The van der Waals surface area contributed by atoms with E-state index in [9.17, 15) is 14.4 Å². The Labute approximate surface area is 232 Å². The molecule has 10 heteroatoms. The van der Waals surface area contributed by atoms with Crippen molar-refractivity contribution in [1.82, 2.24) is 15.2 Å². The number of nitrogens with one attached hydrogen (secondary N) is 1. The van der Waals surface area contributed by atoms with Crippen LogP contribution < -0.4 is 20.7 Å². The predicted octanol–water partition coefficient (Wildman–Crippen LogP) is 3.73. The minimum Gasteiger partial charge on any atom is -0.422 e. The molecule has 10 nitrogen and oxygen atoms in total. The van der Waals surface area contributed by atoms with E-state index in [1.165, 1.54) is 4.90 Å². The summed E-state index contributed by atoms with van der Waals surface area (Å²) in [6.45, 7) is 9.12. The molecule has 2 saturated heterocycles. The molecule has 2 fully saturated rings. The lowest BCUT2D eigenvalue weighted by atomic mass is 9.87. The zero-order valence-corrected chi connectivity index (χ0v) is 23.2. The lowest BCUT2D eigenvalue weighted by Crippen LogP contribution is -2.55. The first kappa shape index (κ1) is 26.0. The van der Waals surface area contributed by atoms with E-state index in [1.807, 2.05) is 43.5 Å². The fraction of sp³-hybridized carbons (Fsp3) is 0.433. The molecule has 0 radical (unpaired) electrons. The number of imide groups is 1. The van der Waals surface area contributed by atoms with Crippen LogP contribution >= 0.6 is 0 Å². The number of amides is 3. The predicted molar refractivity (Wildman–Crippen MR) is 155 cm³/mol. The molecule has 208 valence electrons. The summed E-state index contributed by atoms with van der Waals surface area (Å²) < 4.78 is 5.71. The second-order valence-corrected chi connectivity index (χ2v) is 10.7. The quantitative estimate of drug-likeness (QED) is 0.358. The van der Waals surface area contributed by atoms with Crippen LogP contribution in [0, 0.1) is 6.92 Å². The van der Waals surface area contributed by atoms with Crippen LogP contribution in [-0.2, 0) is 17.6 Å². The molecule has 0 unspecified atom stereocenters. The molecular weight excluding hydrogens is 508 g/mol. The van der Waals surface area contributed by atoms with Gasteiger partial charge in [-0.25, -0.2) is 14.6 Å². The van der Waals surface area contributed by atoms with Crippen molar-refractivity contribution in [3.05, 3.63) is 57.6 Å². The summed E-state index contributed by atoms with van der Waals surface area (Å²) in [7, 11) is 0. The monoisotopic (exact) mass is 542 g/mol. The number of nitrogens with zero attached hydrogens (tertiary/aromatic N) is 5. The number of fused-ring (bicyclic) bond motifs is 2. The van der Waals surface area contributed by atoms with Gasteiger partial charge in [-0.3, -0.25) is 14.7 Å². The number of carbonyl (C=O) groups is 2. The first-order chi connectivity index (χ1) is 19.3. The zero-order chi connectivity index (χ0) is 28.0. The van der Waals surface area contributed by atoms with Crippen LogP contribution in [0.1, 0.15) is 43.5 Å². The summed E-state index contributed by atoms with van der Waals surface area (Å²) in [6, 6.07) is 9.45. The molecule has 0 atom stereocenters. The Morgan fingerprint density at radius 3 is 2.60 bits per heavy atom. The first-order valence-corrected chi connectivity index (χ1v) is 14.1. The maximum Gasteiger partial charge on any atom is 0.339 e. The summed E-state index contributed by atoms with van der Waals surface area (Å²) in [4.78, 5) is 54.1. The van der Waals surface area contributed by atoms with Crippen LogP contribution in [0.25, 0.3) is 11.0 Å². The fourth-order valence-corrected chi connectivity index (χ4v) is 6.17. The van der Waals surface area contributed by atoms with Crippen molar-refractivity contribution in [3.8, 4) is 0 Å². The average Bonchev–Trinajstić information content (AvgIpc) is 3.51. The highest BCUT2D eigenvalue weighted by atomic mass is 16.4. The topological polar surface area (TPSA) is 111 Å². The SMILES string of the molecule is CCN(CC)c1ccc2c(C)c(CCN3C(=O)NC4(CCN(c5ccc6c(n5)CC=N6)CC4)C3=O)c(=O)oc2c1. The van der Waals surface area contributed by atoms with Gasteiger partial charge in [-0.1, -0.05) is 0 Å². The molecule has 0 aliphatic carbocycles. The molecular formula is C30H34N6O4. The van der Waals surface area contributed by atoms with Crippen LogP contribution in [0.5, 0.6) is 0 Å². The zero-order valence-electron chi connectivity index (χ0n) is 23.2. The lowest BCUT2D eigenvalue weighted by Gasteiger charge is -2.38. The van der Waals surface area contributed by atoms with E-state index in [1.54, 1.807) is 0 Å². The van der Waals surface area contributed by atoms with Crippen molar-refractivity contribution in [3.63, 3.8) is 0 Å². The molecule has 40 heavy (non-hydrogen) atoms. The maximum absolute atomic E-state index is 13.5. The second-order valence-electron chi connectivity index (χ2n) is 10.7.